The molecule has 0 bridgehead atoms. The van der Waals surface area contributed by atoms with Gasteiger partial charge in [-0.2, -0.15) is 0 Å². The van der Waals surface area contributed by atoms with Crippen molar-refractivity contribution in [3.05, 3.63) is 0 Å². The van der Waals surface area contributed by atoms with E-state index in [0.717, 1.165) is 27.7 Å². The average molecular weight is 973 g/mol. The minimum absolute atomic E-state index is 0.694. The maximum atomic E-state index is 12.9. The molecule has 0 radical (unpaired) electrons. The van der Waals surface area contributed by atoms with Crippen molar-refractivity contribution in [3.63, 3.8) is 0 Å². The number of rotatable bonds is 20. The molecule has 0 saturated carbocycles. The summed E-state index contributed by atoms with van der Waals surface area (Å²) < 4.78 is 53.9. The molecule has 29 nitrogen and oxygen atoms in total. The molecular formula is C38H64N6O23. The highest BCUT2D eigenvalue weighted by Crippen LogP contribution is 2.36. The van der Waals surface area contributed by atoms with Gasteiger partial charge in [-0.1, -0.05) is 0 Å². The van der Waals surface area contributed by atoms with Gasteiger partial charge in [-0.25, -0.2) is 0 Å². The maximum Gasteiger partial charge on any atom is 0.246 e. The zero-order valence-corrected chi connectivity index (χ0v) is 37.4. The fraction of sp³-hybridized carbons (Fsp3) is 0.842. The fourth-order valence-corrected chi connectivity index (χ4v) is 8.06. The van der Waals surface area contributed by atoms with Crippen LogP contribution >= 0.6 is 0 Å². The Morgan fingerprint density at radius 1 is 0.463 bits per heavy atom. The van der Waals surface area contributed by atoms with E-state index in [1.54, 1.807) is 0 Å². The zero-order chi connectivity index (χ0) is 50.2. The first-order chi connectivity index (χ1) is 31.5. The van der Waals surface area contributed by atoms with E-state index in [1.165, 1.54) is 13.8 Å². The number of amides is 6. The summed E-state index contributed by atoms with van der Waals surface area (Å²) in [6.45, 7) is 3.11. The summed E-state index contributed by atoms with van der Waals surface area (Å²) in [7, 11) is 0. The van der Waals surface area contributed by atoms with Crippen LogP contribution in [0.1, 0.15) is 41.5 Å². The number of aliphatic hydroxyl groups excluding tert-OH is 8. The number of carbonyl (C=O) groups is 6. The molecule has 4 rings (SSSR count). The quantitative estimate of drug-likeness (QED) is 0.0539. The lowest BCUT2D eigenvalue weighted by atomic mass is 9.92. The third-order valence-electron chi connectivity index (χ3n) is 11.3. The lowest BCUT2D eigenvalue weighted by Gasteiger charge is -2.52. The molecule has 0 aromatic rings. The van der Waals surface area contributed by atoms with Gasteiger partial charge in [-0.15, -0.1) is 0 Å². The van der Waals surface area contributed by atoms with Crippen LogP contribution in [0.25, 0.3) is 0 Å². The number of primary amides is 2. The van der Waals surface area contributed by atoms with Crippen LogP contribution in [0, 0.1) is 0 Å². The van der Waals surface area contributed by atoms with Crippen molar-refractivity contribution in [2.45, 2.75) is 176 Å². The van der Waals surface area contributed by atoms with Crippen molar-refractivity contribution < 1.29 is 112 Å². The molecular weight excluding hydrogens is 908 g/mol. The second-order valence-electron chi connectivity index (χ2n) is 16.4. The Morgan fingerprint density at radius 3 is 1.21 bits per heavy atom. The highest BCUT2D eigenvalue weighted by Gasteiger charge is 2.57. The van der Waals surface area contributed by atoms with Crippen molar-refractivity contribution in [1.29, 1.82) is 0 Å². The van der Waals surface area contributed by atoms with Crippen molar-refractivity contribution in [2.75, 3.05) is 26.4 Å². The largest absolute Gasteiger partial charge is 0.394 e. The summed E-state index contributed by atoms with van der Waals surface area (Å²) in [5, 5.41) is 95.9. The number of nitrogens with two attached hydrogens (primary N) is 2. The SMILES string of the molecule is CC(=O)N[C@@H]1[C@@H](O[C@H](C)C(N)=O)[C@H](O[C@@H]2O[C@H](CO)[C@@H](O[C@@H]3O[C@H](CO)[C@@H](O[C@@H]4O[C@H](CO)[C@@H](O)[C@H](O)[C@H]4NC(C)=O)[C@H](O[C@H](C)C(N)=O)[C@H]3NC(C)=O)[C@H](O)[C@H]2NC(C)=O)[C@@H](CO)O[C@H]1O. The van der Waals surface area contributed by atoms with Crippen LogP contribution in [0.4, 0.5) is 0 Å². The number of carbonyl (C=O) groups excluding carboxylic acids is 6. The van der Waals surface area contributed by atoms with Crippen LogP contribution in [0.15, 0.2) is 0 Å². The Kier molecular flexibility index (Phi) is 20.5. The fourth-order valence-electron chi connectivity index (χ4n) is 8.06. The summed E-state index contributed by atoms with van der Waals surface area (Å²) in [5.41, 5.74) is 11.0. The van der Waals surface area contributed by atoms with E-state index in [0.29, 0.717) is 0 Å². The third kappa shape index (κ3) is 13.7. The van der Waals surface area contributed by atoms with E-state index in [-0.39, 0.29) is 0 Å². The molecule has 29 heteroatoms. The normalized spacial score (nSPS) is 39.9. The van der Waals surface area contributed by atoms with E-state index >= 15 is 0 Å². The predicted octanol–water partition coefficient (Wildman–Crippen LogP) is -9.38. The molecule has 0 spiro atoms. The number of nitrogens with one attached hydrogen (secondary N) is 4. The van der Waals surface area contributed by atoms with Gasteiger partial charge in [-0.3, -0.25) is 28.8 Å². The van der Waals surface area contributed by atoms with Gasteiger partial charge in [0.15, 0.2) is 25.2 Å². The third-order valence-corrected chi connectivity index (χ3v) is 11.3. The lowest BCUT2D eigenvalue weighted by molar-refractivity contribution is -0.365. The number of hydrogen-bond acceptors (Lipinski definition) is 23. The first-order valence-electron chi connectivity index (χ1n) is 21.2. The van der Waals surface area contributed by atoms with Crippen molar-refractivity contribution in [3.8, 4) is 0 Å². The molecule has 0 aromatic heterocycles. The van der Waals surface area contributed by atoms with Crippen molar-refractivity contribution in [2.24, 2.45) is 11.5 Å². The van der Waals surface area contributed by atoms with Crippen LogP contribution in [-0.2, 0) is 71.4 Å². The van der Waals surface area contributed by atoms with Gasteiger partial charge in [0.25, 0.3) is 0 Å². The lowest BCUT2D eigenvalue weighted by Crippen LogP contribution is -2.72. The van der Waals surface area contributed by atoms with E-state index in [9.17, 15) is 69.6 Å². The van der Waals surface area contributed by atoms with Gasteiger partial charge < -0.3 is 116 Å². The molecule has 67 heavy (non-hydrogen) atoms. The Hall–Kier alpha value is -3.86. The Balaban J connectivity index is 1.75. The van der Waals surface area contributed by atoms with Gasteiger partial charge in [-0.05, 0) is 13.8 Å². The molecule has 0 aliphatic carbocycles. The molecule has 4 aliphatic heterocycles. The highest BCUT2D eigenvalue weighted by atomic mass is 16.8. The second-order valence-corrected chi connectivity index (χ2v) is 16.4. The molecule has 22 atom stereocenters. The van der Waals surface area contributed by atoms with Gasteiger partial charge in [0.05, 0.1) is 26.4 Å². The molecule has 4 aliphatic rings. The molecule has 6 amide bonds. The van der Waals surface area contributed by atoms with E-state index < -0.39 is 197 Å². The molecule has 384 valence electrons. The van der Waals surface area contributed by atoms with Gasteiger partial charge in [0.1, 0.15) is 110 Å². The van der Waals surface area contributed by atoms with Crippen LogP contribution in [0.2, 0.25) is 0 Å². The minimum Gasteiger partial charge on any atom is -0.394 e. The van der Waals surface area contributed by atoms with Gasteiger partial charge in [0.2, 0.25) is 35.4 Å². The minimum atomic E-state index is -1.98. The number of hydrogen-bond donors (Lipinski definition) is 14. The van der Waals surface area contributed by atoms with Crippen molar-refractivity contribution in [1.82, 2.24) is 21.3 Å². The highest BCUT2D eigenvalue weighted by molar-refractivity contribution is 5.79. The Labute approximate surface area is 382 Å². The number of ether oxygens (including phenoxy) is 9. The van der Waals surface area contributed by atoms with Crippen LogP contribution in [0.3, 0.4) is 0 Å². The van der Waals surface area contributed by atoms with Crippen LogP contribution in [0.5, 0.6) is 0 Å². The van der Waals surface area contributed by atoms with Crippen LogP contribution in [-0.4, -0.2) is 238 Å². The summed E-state index contributed by atoms with van der Waals surface area (Å²) in [5.74, 6) is -4.99. The number of aliphatic hydroxyl groups is 8. The van der Waals surface area contributed by atoms with Gasteiger partial charge in [0, 0.05) is 27.7 Å². The Bertz CT molecular complexity index is 1700. The summed E-state index contributed by atoms with van der Waals surface area (Å²) in [4.78, 5) is 74.5. The van der Waals surface area contributed by atoms with E-state index in [1.807, 2.05) is 0 Å². The molecule has 0 unspecified atom stereocenters. The monoisotopic (exact) mass is 972 g/mol. The van der Waals surface area contributed by atoms with Gasteiger partial charge >= 0.3 is 0 Å². The summed E-state index contributed by atoms with van der Waals surface area (Å²) >= 11 is 0. The zero-order valence-electron chi connectivity index (χ0n) is 37.4. The average Bonchev–Trinajstić information content (AvgIpc) is 3.25. The standard InChI is InChI=1S/C38H64N6O23/c1-11(33(39)56)59-31-23(43-15(5)51)35(58)61-19(9-47)29(31)66-37-22(42-14(4)50)27(55)28(18(8-46)63-37)65-38-24(44-16(6)52)32(60-12(2)34(40)57)30(20(10-48)64-38)67-36-21(41-13(3)49)26(54)25(53)17(7-45)62-36/h11-12,17-32,35-38,45-48,53-55,58H,7-10H2,1-6H3,(H2,39,56)(H2,40,57)(H,41,49)(H,42,50)(H,43,51)(H,44,52)/t11-,12-,17-,18-,19-,20-,21-,22-,23-,24-,25-,26-,27-,28-,29-,30-,31-,32-,35-,36+,37+,38+/m1/s1. The summed E-state index contributed by atoms with van der Waals surface area (Å²) in [6, 6.07) is -6.34. The predicted molar refractivity (Wildman–Crippen MR) is 215 cm³/mol. The first kappa shape index (κ1) is 55.7. The van der Waals surface area contributed by atoms with Crippen LogP contribution < -0.4 is 32.7 Å². The first-order valence-corrected chi connectivity index (χ1v) is 21.2. The topological polar surface area (TPSA) is 447 Å². The molecule has 4 fully saturated rings. The molecule has 16 N–H and O–H groups in total. The Morgan fingerprint density at radius 2 is 0.791 bits per heavy atom. The van der Waals surface area contributed by atoms with Crippen molar-refractivity contribution >= 4 is 35.4 Å². The molecule has 4 saturated heterocycles. The maximum absolute atomic E-state index is 12.9. The smallest absolute Gasteiger partial charge is 0.246 e. The second kappa shape index (κ2) is 24.6. The molecule has 4 heterocycles. The summed E-state index contributed by atoms with van der Waals surface area (Å²) in [6.07, 6.45) is -30.3. The van der Waals surface area contributed by atoms with E-state index in [2.05, 4.69) is 21.3 Å². The molecule has 0 aromatic carbocycles. The van der Waals surface area contributed by atoms with E-state index in [4.69, 9.17) is 54.1 Å².